The number of hydrogen-bond acceptors (Lipinski definition) is 4. The Bertz CT molecular complexity index is 540. The van der Waals surface area contributed by atoms with Gasteiger partial charge in [-0.05, 0) is 37.5 Å². The molecule has 0 saturated carbocycles. The van der Waals surface area contributed by atoms with Crippen LogP contribution in [0.15, 0.2) is 41.6 Å². The molecule has 0 bridgehead atoms. The summed E-state index contributed by atoms with van der Waals surface area (Å²) in [5.41, 5.74) is 8.32. The SMILES string of the molecule is CCC(N)Cc1cnc(CSc2cccc(C)c2)nc1. The molecule has 20 heavy (non-hydrogen) atoms. The first-order valence-electron chi connectivity index (χ1n) is 6.92. The molecule has 2 aromatic rings. The maximum Gasteiger partial charge on any atom is 0.138 e. The Kier molecular flexibility index (Phi) is 5.56. The summed E-state index contributed by atoms with van der Waals surface area (Å²) in [6, 6.07) is 8.68. The Labute approximate surface area is 125 Å². The number of aromatic nitrogens is 2. The summed E-state index contributed by atoms with van der Waals surface area (Å²) in [6.07, 6.45) is 5.62. The van der Waals surface area contributed by atoms with Gasteiger partial charge in [0.2, 0.25) is 0 Å². The zero-order valence-electron chi connectivity index (χ0n) is 12.0. The van der Waals surface area contributed by atoms with Gasteiger partial charge >= 0.3 is 0 Å². The molecule has 0 aliphatic heterocycles. The van der Waals surface area contributed by atoms with E-state index in [1.807, 2.05) is 12.4 Å². The van der Waals surface area contributed by atoms with Crippen LogP contribution in [0.25, 0.3) is 0 Å². The molecule has 106 valence electrons. The van der Waals surface area contributed by atoms with Crippen LogP contribution in [0.5, 0.6) is 0 Å². The van der Waals surface area contributed by atoms with Crippen LogP contribution in [0.3, 0.4) is 0 Å². The summed E-state index contributed by atoms with van der Waals surface area (Å²) in [4.78, 5) is 10.1. The number of nitrogens with zero attached hydrogens (tertiary/aromatic N) is 2. The van der Waals surface area contributed by atoms with Gasteiger partial charge in [-0.3, -0.25) is 0 Å². The zero-order valence-corrected chi connectivity index (χ0v) is 12.9. The molecule has 1 aromatic carbocycles. The largest absolute Gasteiger partial charge is 0.327 e. The first kappa shape index (κ1) is 15.0. The van der Waals surface area contributed by atoms with E-state index in [1.54, 1.807) is 11.8 Å². The molecule has 0 aliphatic carbocycles. The topological polar surface area (TPSA) is 51.8 Å². The molecule has 2 N–H and O–H groups in total. The first-order valence-corrected chi connectivity index (χ1v) is 7.90. The predicted octanol–water partition coefficient (Wildman–Crippen LogP) is 3.36. The average molecular weight is 287 g/mol. The highest BCUT2D eigenvalue weighted by atomic mass is 32.2. The van der Waals surface area contributed by atoms with Crippen LogP contribution in [0.2, 0.25) is 0 Å². The minimum absolute atomic E-state index is 0.200. The Balaban J connectivity index is 1.90. The summed E-state index contributed by atoms with van der Waals surface area (Å²) >= 11 is 1.76. The molecule has 2 rings (SSSR count). The van der Waals surface area contributed by atoms with E-state index >= 15 is 0 Å². The summed E-state index contributed by atoms with van der Waals surface area (Å²) in [6.45, 7) is 4.20. The van der Waals surface area contributed by atoms with Crippen molar-refractivity contribution in [1.82, 2.24) is 9.97 Å². The summed E-state index contributed by atoms with van der Waals surface area (Å²) < 4.78 is 0. The highest BCUT2D eigenvalue weighted by molar-refractivity contribution is 7.98. The molecule has 1 atom stereocenters. The van der Waals surface area contributed by atoms with Crippen LogP contribution in [0.4, 0.5) is 0 Å². The second kappa shape index (κ2) is 7.41. The lowest BCUT2D eigenvalue weighted by Crippen LogP contribution is -2.21. The van der Waals surface area contributed by atoms with Crippen LogP contribution < -0.4 is 5.73 Å². The van der Waals surface area contributed by atoms with Crippen molar-refractivity contribution >= 4 is 11.8 Å². The fraction of sp³-hybridized carbons (Fsp3) is 0.375. The van der Waals surface area contributed by atoms with Crippen molar-refractivity contribution in [3.8, 4) is 0 Å². The van der Waals surface area contributed by atoms with Gasteiger partial charge in [0.25, 0.3) is 0 Å². The summed E-state index contributed by atoms with van der Waals surface area (Å²) in [5, 5.41) is 0. The molecule has 4 heteroatoms. The van der Waals surface area contributed by atoms with Gasteiger partial charge in [-0.2, -0.15) is 0 Å². The van der Waals surface area contributed by atoms with Gasteiger partial charge in [0.05, 0.1) is 5.75 Å². The third-order valence-electron chi connectivity index (χ3n) is 3.14. The first-order chi connectivity index (χ1) is 9.67. The third kappa shape index (κ3) is 4.62. The second-order valence-corrected chi connectivity index (χ2v) is 6.03. The minimum Gasteiger partial charge on any atom is -0.327 e. The standard InChI is InChI=1S/C16H21N3S/c1-3-14(17)8-13-9-18-16(19-10-13)11-20-15-6-4-5-12(2)7-15/h4-7,9-10,14H,3,8,11,17H2,1-2H3. The molecule has 0 saturated heterocycles. The molecular weight excluding hydrogens is 266 g/mol. The molecule has 0 spiro atoms. The molecule has 1 unspecified atom stereocenters. The van der Waals surface area contributed by atoms with Gasteiger partial charge in [0.15, 0.2) is 0 Å². The number of aryl methyl sites for hydroxylation is 1. The fourth-order valence-corrected chi connectivity index (χ4v) is 2.75. The Morgan fingerprint density at radius 3 is 2.65 bits per heavy atom. The zero-order chi connectivity index (χ0) is 14.4. The minimum atomic E-state index is 0.200. The molecular formula is C16H21N3S. The highest BCUT2D eigenvalue weighted by Crippen LogP contribution is 2.21. The van der Waals surface area contributed by atoms with E-state index in [0.29, 0.717) is 0 Å². The van der Waals surface area contributed by atoms with E-state index in [-0.39, 0.29) is 6.04 Å². The highest BCUT2D eigenvalue weighted by Gasteiger charge is 2.04. The third-order valence-corrected chi connectivity index (χ3v) is 4.13. The van der Waals surface area contributed by atoms with Gasteiger partial charge in [0, 0.05) is 23.3 Å². The molecule has 0 aliphatic rings. The van der Waals surface area contributed by atoms with Crippen LogP contribution in [0.1, 0.15) is 30.3 Å². The maximum absolute atomic E-state index is 5.93. The lowest BCUT2D eigenvalue weighted by molar-refractivity contribution is 0.642. The normalized spacial score (nSPS) is 12.3. The lowest BCUT2D eigenvalue weighted by Gasteiger charge is -2.08. The fourth-order valence-electron chi connectivity index (χ4n) is 1.86. The molecule has 0 radical (unpaired) electrons. The smallest absolute Gasteiger partial charge is 0.138 e. The van der Waals surface area contributed by atoms with Crippen molar-refractivity contribution < 1.29 is 0 Å². The maximum atomic E-state index is 5.93. The molecule has 0 fully saturated rings. The van der Waals surface area contributed by atoms with E-state index in [0.717, 1.165) is 30.0 Å². The Hall–Kier alpha value is -1.39. The van der Waals surface area contributed by atoms with Crippen molar-refractivity contribution in [2.75, 3.05) is 0 Å². The predicted molar refractivity (Wildman–Crippen MR) is 84.7 cm³/mol. The van der Waals surface area contributed by atoms with Gasteiger partial charge < -0.3 is 5.73 Å². The van der Waals surface area contributed by atoms with Crippen LogP contribution in [-0.2, 0) is 12.2 Å². The molecule has 3 nitrogen and oxygen atoms in total. The van der Waals surface area contributed by atoms with Gasteiger partial charge in [-0.15, -0.1) is 11.8 Å². The van der Waals surface area contributed by atoms with E-state index in [9.17, 15) is 0 Å². The number of nitrogens with two attached hydrogens (primary N) is 1. The van der Waals surface area contributed by atoms with Crippen molar-refractivity contribution in [2.24, 2.45) is 5.73 Å². The molecule has 1 aromatic heterocycles. The van der Waals surface area contributed by atoms with Crippen LogP contribution in [0, 0.1) is 6.92 Å². The number of rotatable bonds is 6. The van der Waals surface area contributed by atoms with E-state index < -0.39 is 0 Å². The van der Waals surface area contributed by atoms with E-state index in [1.165, 1.54) is 10.5 Å². The van der Waals surface area contributed by atoms with Crippen molar-refractivity contribution in [1.29, 1.82) is 0 Å². The van der Waals surface area contributed by atoms with E-state index in [2.05, 4.69) is 48.1 Å². The van der Waals surface area contributed by atoms with Crippen LogP contribution >= 0.6 is 11.8 Å². The number of thioether (sulfide) groups is 1. The monoisotopic (exact) mass is 287 g/mol. The quantitative estimate of drug-likeness (QED) is 0.828. The second-order valence-electron chi connectivity index (χ2n) is 4.99. The number of hydrogen-bond donors (Lipinski definition) is 1. The summed E-state index contributed by atoms with van der Waals surface area (Å²) in [5.74, 6) is 1.66. The van der Waals surface area contributed by atoms with Gasteiger partial charge in [-0.1, -0.05) is 24.6 Å². The number of benzene rings is 1. The molecule has 1 heterocycles. The van der Waals surface area contributed by atoms with Gasteiger partial charge in [0.1, 0.15) is 5.82 Å². The Morgan fingerprint density at radius 2 is 2.00 bits per heavy atom. The lowest BCUT2D eigenvalue weighted by atomic mass is 10.1. The van der Waals surface area contributed by atoms with Crippen molar-refractivity contribution in [3.05, 3.63) is 53.6 Å². The van der Waals surface area contributed by atoms with Gasteiger partial charge in [-0.25, -0.2) is 9.97 Å². The summed E-state index contributed by atoms with van der Waals surface area (Å²) in [7, 11) is 0. The van der Waals surface area contributed by atoms with Crippen molar-refractivity contribution in [2.45, 2.75) is 43.4 Å². The molecule has 0 amide bonds. The van der Waals surface area contributed by atoms with Crippen LogP contribution in [-0.4, -0.2) is 16.0 Å². The Morgan fingerprint density at radius 1 is 1.25 bits per heavy atom. The van der Waals surface area contributed by atoms with Crippen molar-refractivity contribution in [3.63, 3.8) is 0 Å². The average Bonchev–Trinajstić information content (AvgIpc) is 2.46. The van der Waals surface area contributed by atoms with E-state index in [4.69, 9.17) is 5.73 Å².